The largest absolute Gasteiger partial charge is 0.454 e. The summed E-state index contributed by atoms with van der Waals surface area (Å²) in [6.07, 6.45) is -4.88. The number of hydrogen-bond donors (Lipinski definition) is 1. The summed E-state index contributed by atoms with van der Waals surface area (Å²) in [5.41, 5.74) is -1.48. The fourth-order valence-corrected chi connectivity index (χ4v) is 2.06. The molecule has 0 bridgehead atoms. The van der Waals surface area contributed by atoms with Crippen molar-refractivity contribution in [1.29, 1.82) is 0 Å². The van der Waals surface area contributed by atoms with Crippen LogP contribution in [0.3, 0.4) is 0 Å². The summed E-state index contributed by atoms with van der Waals surface area (Å²) in [7, 11) is 0. The molecule has 1 aliphatic heterocycles. The third kappa shape index (κ3) is 3.05. The van der Waals surface area contributed by atoms with Gasteiger partial charge in [-0.25, -0.2) is 4.39 Å². The highest BCUT2D eigenvalue weighted by molar-refractivity contribution is 6.04. The first-order chi connectivity index (χ1) is 10.8. The number of carbonyl (C=O) groups excluding carboxylic acids is 1. The molecule has 1 amide bonds. The number of ether oxygens (including phenoxy) is 2. The topological polar surface area (TPSA) is 47.6 Å². The highest BCUT2D eigenvalue weighted by atomic mass is 19.4. The number of carbonyl (C=O) groups is 1. The van der Waals surface area contributed by atoms with Crippen LogP contribution in [0.4, 0.5) is 23.2 Å². The summed E-state index contributed by atoms with van der Waals surface area (Å²) >= 11 is 0. The van der Waals surface area contributed by atoms with Crippen molar-refractivity contribution in [3.8, 4) is 11.5 Å². The molecule has 3 rings (SSSR count). The standard InChI is InChI=1S/C15H9F4NO3/c16-11-3-1-8(5-10(11)15(17,18)19)14(21)20-9-2-4-12-13(6-9)23-7-22-12/h1-6H,7H2,(H,20,21). The Kier molecular flexibility index (Phi) is 3.59. The Labute approximate surface area is 127 Å². The molecular formula is C15H9F4NO3. The molecule has 0 aromatic heterocycles. The van der Waals surface area contributed by atoms with Crippen LogP contribution in [0.2, 0.25) is 0 Å². The van der Waals surface area contributed by atoms with Crippen LogP contribution >= 0.6 is 0 Å². The van der Waals surface area contributed by atoms with Gasteiger partial charge in [-0.2, -0.15) is 13.2 Å². The van der Waals surface area contributed by atoms with Gasteiger partial charge in [-0.1, -0.05) is 0 Å². The minimum atomic E-state index is -4.88. The normalized spacial score (nSPS) is 13.0. The predicted molar refractivity (Wildman–Crippen MR) is 71.9 cm³/mol. The van der Waals surface area contributed by atoms with E-state index in [9.17, 15) is 22.4 Å². The van der Waals surface area contributed by atoms with Gasteiger partial charge in [0.05, 0.1) is 5.56 Å². The summed E-state index contributed by atoms with van der Waals surface area (Å²) < 4.78 is 61.5. The summed E-state index contributed by atoms with van der Waals surface area (Å²) in [6.45, 7) is 0.0552. The monoisotopic (exact) mass is 327 g/mol. The van der Waals surface area contributed by atoms with Gasteiger partial charge in [0.1, 0.15) is 5.82 Å². The lowest BCUT2D eigenvalue weighted by Crippen LogP contribution is -2.15. The maximum Gasteiger partial charge on any atom is 0.419 e. The molecule has 23 heavy (non-hydrogen) atoms. The van der Waals surface area contributed by atoms with Gasteiger partial charge in [-0.3, -0.25) is 4.79 Å². The van der Waals surface area contributed by atoms with E-state index in [0.29, 0.717) is 29.3 Å². The molecule has 2 aromatic rings. The van der Waals surface area contributed by atoms with E-state index in [4.69, 9.17) is 9.47 Å². The smallest absolute Gasteiger partial charge is 0.419 e. The molecule has 4 nitrogen and oxygen atoms in total. The molecule has 2 aromatic carbocycles. The predicted octanol–water partition coefficient (Wildman–Crippen LogP) is 3.83. The third-order valence-electron chi connectivity index (χ3n) is 3.16. The summed E-state index contributed by atoms with van der Waals surface area (Å²) in [4.78, 5) is 12.0. The molecular weight excluding hydrogens is 318 g/mol. The minimum Gasteiger partial charge on any atom is -0.454 e. The molecule has 0 saturated carbocycles. The molecule has 0 atom stereocenters. The van der Waals surface area contributed by atoms with E-state index in [1.54, 1.807) is 6.07 Å². The lowest BCUT2D eigenvalue weighted by atomic mass is 10.1. The van der Waals surface area contributed by atoms with Crippen molar-refractivity contribution in [1.82, 2.24) is 0 Å². The zero-order chi connectivity index (χ0) is 16.6. The second-order valence-electron chi connectivity index (χ2n) is 4.71. The minimum absolute atomic E-state index is 0.0552. The van der Waals surface area contributed by atoms with Crippen LogP contribution in [0.15, 0.2) is 36.4 Å². The van der Waals surface area contributed by atoms with E-state index in [2.05, 4.69) is 5.32 Å². The Bertz CT molecular complexity index is 774. The van der Waals surface area contributed by atoms with E-state index >= 15 is 0 Å². The van der Waals surface area contributed by atoms with E-state index in [1.807, 2.05) is 0 Å². The van der Waals surface area contributed by atoms with Gasteiger partial charge in [0.2, 0.25) is 6.79 Å². The molecule has 120 valence electrons. The summed E-state index contributed by atoms with van der Waals surface area (Å²) in [5.74, 6) is -1.31. The number of amides is 1. The highest BCUT2D eigenvalue weighted by Gasteiger charge is 2.34. The Morgan fingerprint density at radius 2 is 1.78 bits per heavy atom. The number of alkyl halides is 3. The lowest BCUT2D eigenvalue weighted by Gasteiger charge is -2.10. The number of rotatable bonds is 2. The molecule has 0 aliphatic carbocycles. The zero-order valence-corrected chi connectivity index (χ0v) is 11.4. The fourth-order valence-electron chi connectivity index (χ4n) is 2.06. The molecule has 0 radical (unpaired) electrons. The number of nitrogens with one attached hydrogen (secondary N) is 1. The first-order valence-electron chi connectivity index (χ1n) is 6.42. The van der Waals surface area contributed by atoms with E-state index in [0.717, 1.165) is 6.07 Å². The van der Waals surface area contributed by atoms with E-state index in [1.165, 1.54) is 12.1 Å². The average Bonchev–Trinajstić information content (AvgIpc) is 2.94. The van der Waals surface area contributed by atoms with Crippen LogP contribution in [0.1, 0.15) is 15.9 Å². The average molecular weight is 327 g/mol. The van der Waals surface area contributed by atoms with Gasteiger partial charge in [0.15, 0.2) is 11.5 Å². The molecule has 0 unspecified atom stereocenters. The molecule has 0 saturated heterocycles. The van der Waals surface area contributed by atoms with Gasteiger partial charge < -0.3 is 14.8 Å². The van der Waals surface area contributed by atoms with Crippen molar-refractivity contribution in [2.24, 2.45) is 0 Å². The van der Waals surface area contributed by atoms with Crippen LogP contribution in [0.25, 0.3) is 0 Å². The van der Waals surface area contributed by atoms with Gasteiger partial charge in [-0.05, 0) is 30.3 Å². The van der Waals surface area contributed by atoms with Gasteiger partial charge in [-0.15, -0.1) is 0 Å². The van der Waals surface area contributed by atoms with Gasteiger partial charge >= 0.3 is 6.18 Å². The van der Waals surface area contributed by atoms with Crippen molar-refractivity contribution >= 4 is 11.6 Å². The van der Waals surface area contributed by atoms with Crippen LogP contribution in [-0.4, -0.2) is 12.7 Å². The van der Waals surface area contributed by atoms with Crippen molar-refractivity contribution in [3.63, 3.8) is 0 Å². The Balaban J connectivity index is 1.84. The Hall–Kier alpha value is -2.77. The molecule has 1 heterocycles. The number of halogens is 4. The number of benzene rings is 2. The zero-order valence-electron chi connectivity index (χ0n) is 11.4. The SMILES string of the molecule is O=C(Nc1ccc2c(c1)OCO2)c1ccc(F)c(C(F)(F)F)c1. The first kappa shape index (κ1) is 15.1. The van der Waals surface area contributed by atoms with Crippen LogP contribution < -0.4 is 14.8 Å². The van der Waals surface area contributed by atoms with Crippen molar-refractivity contribution in [2.75, 3.05) is 12.1 Å². The maximum absolute atomic E-state index is 13.2. The molecule has 1 aliphatic rings. The second kappa shape index (κ2) is 5.45. The summed E-state index contributed by atoms with van der Waals surface area (Å²) in [5, 5.41) is 2.42. The Morgan fingerprint density at radius 3 is 2.52 bits per heavy atom. The lowest BCUT2D eigenvalue weighted by molar-refractivity contribution is -0.140. The molecule has 0 spiro atoms. The Morgan fingerprint density at radius 1 is 1.04 bits per heavy atom. The number of fused-ring (bicyclic) bond motifs is 1. The van der Waals surface area contributed by atoms with Crippen LogP contribution in [0.5, 0.6) is 11.5 Å². The van der Waals surface area contributed by atoms with E-state index in [-0.39, 0.29) is 12.4 Å². The fraction of sp³-hybridized carbons (Fsp3) is 0.133. The maximum atomic E-state index is 13.2. The van der Waals surface area contributed by atoms with Gasteiger partial charge in [0, 0.05) is 17.3 Å². The van der Waals surface area contributed by atoms with Crippen LogP contribution in [0, 0.1) is 5.82 Å². The highest BCUT2D eigenvalue weighted by Crippen LogP contribution is 2.35. The number of anilines is 1. The van der Waals surface area contributed by atoms with Crippen molar-refractivity contribution in [3.05, 3.63) is 53.3 Å². The van der Waals surface area contributed by atoms with Crippen molar-refractivity contribution < 1.29 is 31.8 Å². The molecule has 0 fully saturated rings. The second-order valence-corrected chi connectivity index (χ2v) is 4.71. The molecule has 8 heteroatoms. The number of hydrogen-bond acceptors (Lipinski definition) is 3. The third-order valence-corrected chi connectivity index (χ3v) is 3.16. The molecule has 1 N–H and O–H groups in total. The quantitative estimate of drug-likeness (QED) is 0.853. The first-order valence-corrected chi connectivity index (χ1v) is 6.42. The van der Waals surface area contributed by atoms with E-state index < -0.39 is 23.5 Å². The summed E-state index contributed by atoms with van der Waals surface area (Å²) in [6, 6.07) is 6.61. The van der Waals surface area contributed by atoms with Gasteiger partial charge in [0.25, 0.3) is 5.91 Å². The van der Waals surface area contributed by atoms with Crippen molar-refractivity contribution in [2.45, 2.75) is 6.18 Å². The van der Waals surface area contributed by atoms with Crippen LogP contribution in [-0.2, 0) is 6.18 Å².